The van der Waals surface area contributed by atoms with Crippen LogP contribution in [0.2, 0.25) is 0 Å². The number of carbonyl (C=O) groups is 1. The van der Waals surface area contributed by atoms with Crippen LogP contribution in [-0.2, 0) is 19.6 Å². The summed E-state index contributed by atoms with van der Waals surface area (Å²) >= 11 is 0. The van der Waals surface area contributed by atoms with E-state index >= 15 is 0 Å². The first-order chi connectivity index (χ1) is 12.5. The smallest absolute Gasteiger partial charge is 0.243 e. The second-order valence-electron chi connectivity index (χ2n) is 8.13. The Kier molecular flexibility index (Phi) is 6.88. The van der Waals surface area contributed by atoms with Crippen molar-refractivity contribution in [1.29, 1.82) is 0 Å². The van der Waals surface area contributed by atoms with Crippen molar-refractivity contribution < 1.29 is 22.7 Å². The molecule has 0 radical (unpaired) electrons. The summed E-state index contributed by atoms with van der Waals surface area (Å²) in [7, 11) is -3.65. The molecule has 0 saturated carbocycles. The average Bonchev–Trinajstić information content (AvgIpc) is 2.55. The molecular weight excluding hydrogens is 368 g/mol. The molecule has 1 fully saturated rings. The molecule has 0 atom stereocenters. The lowest BCUT2D eigenvalue weighted by atomic mass is 9.92. The SMILES string of the molecule is CC(C)Oc1ccc(S(=O)(=O)N2CCOCC2)cc1NC(=O)CC(C)(C)C. The molecule has 1 saturated heterocycles. The van der Waals surface area contributed by atoms with E-state index in [1.54, 1.807) is 6.07 Å². The van der Waals surface area contributed by atoms with Crippen LogP contribution in [0.1, 0.15) is 41.0 Å². The summed E-state index contributed by atoms with van der Waals surface area (Å²) < 4.78 is 38.2. The second-order valence-corrected chi connectivity index (χ2v) is 10.1. The lowest BCUT2D eigenvalue weighted by Gasteiger charge is -2.26. The van der Waals surface area contributed by atoms with Gasteiger partial charge in [-0.1, -0.05) is 20.8 Å². The van der Waals surface area contributed by atoms with Crippen LogP contribution in [0.3, 0.4) is 0 Å². The van der Waals surface area contributed by atoms with Crippen molar-refractivity contribution in [2.75, 3.05) is 31.6 Å². The van der Waals surface area contributed by atoms with E-state index in [1.165, 1.54) is 16.4 Å². The average molecular weight is 399 g/mol. The number of anilines is 1. The Morgan fingerprint density at radius 3 is 2.44 bits per heavy atom. The van der Waals surface area contributed by atoms with E-state index in [-0.39, 0.29) is 22.3 Å². The predicted octanol–water partition coefficient (Wildman–Crippen LogP) is 2.87. The van der Waals surface area contributed by atoms with Crippen LogP contribution in [0, 0.1) is 5.41 Å². The molecule has 0 bridgehead atoms. The van der Waals surface area contributed by atoms with E-state index in [1.807, 2.05) is 34.6 Å². The molecule has 152 valence electrons. The summed E-state index contributed by atoms with van der Waals surface area (Å²) in [5, 5.41) is 2.82. The number of sulfonamides is 1. The van der Waals surface area contributed by atoms with Gasteiger partial charge in [-0.15, -0.1) is 0 Å². The van der Waals surface area contributed by atoms with Crippen LogP contribution >= 0.6 is 0 Å². The Morgan fingerprint density at radius 2 is 1.89 bits per heavy atom. The molecule has 1 aromatic rings. The first-order valence-corrected chi connectivity index (χ1v) is 10.6. The topological polar surface area (TPSA) is 84.9 Å². The van der Waals surface area contributed by atoms with E-state index in [0.717, 1.165) is 0 Å². The van der Waals surface area contributed by atoms with Crippen molar-refractivity contribution in [3.63, 3.8) is 0 Å². The number of amides is 1. The lowest BCUT2D eigenvalue weighted by molar-refractivity contribution is -0.117. The zero-order chi connectivity index (χ0) is 20.2. The van der Waals surface area contributed by atoms with Crippen LogP contribution in [0.5, 0.6) is 5.75 Å². The molecule has 0 spiro atoms. The molecule has 1 heterocycles. The summed E-state index contributed by atoms with van der Waals surface area (Å²) in [6.07, 6.45) is 0.208. The minimum atomic E-state index is -3.65. The third-order valence-corrected chi connectivity index (χ3v) is 5.78. The predicted molar refractivity (Wildman–Crippen MR) is 104 cm³/mol. The third kappa shape index (κ3) is 6.19. The van der Waals surface area contributed by atoms with Crippen molar-refractivity contribution >= 4 is 21.6 Å². The molecule has 0 aromatic heterocycles. The Balaban J connectivity index is 2.33. The van der Waals surface area contributed by atoms with Crippen LogP contribution in [-0.4, -0.2) is 51.0 Å². The number of ether oxygens (including phenoxy) is 2. The van der Waals surface area contributed by atoms with Gasteiger partial charge in [0.25, 0.3) is 0 Å². The molecule has 8 heteroatoms. The van der Waals surface area contributed by atoms with Gasteiger partial charge in [0, 0.05) is 19.5 Å². The highest BCUT2D eigenvalue weighted by Gasteiger charge is 2.27. The summed E-state index contributed by atoms with van der Waals surface area (Å²) in [6.45, 7) is 11.0. The Hall–Kier alpha value is -1.64. The quantitative estimate of drug-likeness (QED) is 0.796. The fourth-order valence-electron chi connectivity index (χ4n) is 2.74. The van der Waals surface area contributed by atoms with Crippen molar-refractivity contribution in [2.24, 2.45) is 5.41 Å². The normalized spacial score (nSPS) is 16.4. The molecule has 27 heavy (non-hydrogen) atoms. The highest BCUT2D eigenvalue weighted by Crippen LogP contribution is 2.31. The number of rotatable bonds is 6. The van der Waals surface area contributed by atoms with E-state index in [0.29, 0.717) is 44.2 Å². The molecule has 1 amide bonds. The maximum atomic E-state index is 12.9. The van der Waals surface area contributed by atoms with E-state index < -0.39 is 10.0 Å². The molecule has 1 aliphatic heterocycles. The Labute approximate surface area is 162 Å². The van der Waals surface area contributed by atoms with Gasteiger partial charge in [-0.3, -0.25) is 4.79 Å². The van der Waals surface area contributed by atoms with E-state index in [2.05, 4.69) is 5.32 Å². The molecule has 7 nitrogen and oxygen atoms in total. The molecule has 0 unspecified atom stereocenters. The van der Waals surface area contributed by atoms with Gasteiger partial charge < -0.3 is 14.8 Å². The Morgan fingerprint density at radius 1 is 1.26 bits per heavy atom. The maximum Gasteiger partial charge on any atom is 0.243 e. The number of nitrogens with zero attached hydrogens (tertiary/aromatic N) is 1. The van der Waals surface area contributed by atoms with Gasteiger partial charge in [-0.25, -0.2) is 8.42 Å². The lowest BCUT2D eigenvalue weighted by Crippen LogP contribution is -2.40. The van der Waals surface area contributed by atoms with Gasteiger partial charge in [0.05, 0.1) is 29.9 Å². The molecule has 1 aromatic carbocycles. The number of nitrogens with one attached hydrogen (secondary N) is 1. The standard InChI is InChI=1S/C19H30N2O5S/c1-14(2)26-17-7-6-15(27(23,24)21-8-10-25-11-9-21)12-16(17)20-18(22)13-19(3,4)5/h6-7,12,14H,8-11,13H2,1-5H3,(H,20,22). The number of morpholine rings is 1. The molecule has 0 aliphatic carbocycles. The number of benzene rings is 1. The number of hydrogen-bond acceptors (Lipinski definition) is 5. The number of hydrogen-bond donors (Lipinski definition) is 1. The molecule has 1 aliphatic rings. The van der Waals surface area contributed by atoms with Crippen LogP contribution in [0.4, 0.5) is 5.69 Å². The largest absolute Gasteiger partial charge is 0.489 e. The van der Waals surface area contributed by atoms with Gasteiger partial charge in [0.15, 0.2) is 0 Å². The zero-order valence-electron chi connectivity index (χ0n) is 16.7. The second kappa shape index (κ2) is 8.58. The van der Waals surface area contributed by atoms with Gasteiger partial charge in [-0.05, 0) is 37.5 Å². The summed E-state index contributed by atoms with van der Waals surface area (Å²) in [5.41, 5.74) is 0.188. The van der Waals surface area contributed by atoms with Crippen LogP contribution in [0.25, 0.3) is 0 Å². The first-order valence-electron chi connectivity index (χ1n) is 9.17. The van der Waals surface area contributed by atoms with Gasteiger partial charge >= 0.3 is 0 Å². The monoisotopic (exact) mass is 398 g/mol. The van der Waals surface area contributed by atoms with Crippen molar-refractivity contribution in [1.82, 2.24) is 4.31 Å². The maximum absolute atomic E-state index is 12.9. The van der Waals surface area contributed by atoms with Crippen molar-refractivity contribution in [3.05, 3.63) is 18.2 Å². The molecule has 2 rings (SSSR count). The van der Waals surface area contributed by atoms with Crippen molar-refractivity contribution in [2.45, 2.75) is 52.0 Å². The Bertz CT molecular complexity index is 763. The molecule has 1 N–H and O–H groups in total. The minimum Gasteiger partial charge on any atom is -0.489 e. The van der Waals surface area contributed by atoms with Gasteiger partial charge in [0.1, 0.15) is 5.75 Å². The first kappa shape index (κ1) is 21.7. The van der Waals surface area contributed by atoms with Crippen molar-refractivity contribution in [3.8, 4) is 5.75 Å². The van der Waals surface area contributed by atoms with Gasteiger partial charge in [0.2, 0.25) is 15.9 Å². The number of carbonyl (C=O) groups excluding carboxylic acids is 1. The van der Waals surface area contributed by atoms with E-state index in [9.17, 15) is 13.2 Å². The summed E-state index contributed by atoms with van der Waals surface area (Å²) in [4.78, 5) is 12.5. The summed E-state index contributed by atoms with van der Waals surface area (Å²) in [5.74, 6) is 0.269. The van der Waals surface area contributed by atoms with Gasteiger partial charge in [-0.2, -0.15) is 4.31 Å². The third-order valence-electron chi connectivity index (χ3n) is 3.89. The fraction of sp³-hybridized carbons (Fsp3) is 0.632. The summed E-state index contributed by atoms with van der Waals surface area (Å²) in [6, 6.07) is 4.59. The highest BCUT2D eigenvalue weighted by atomic mass is 32.2. The van der Waals surface area contributed by atoms with Crippen LogP contribution in [0.15, 0.2) is 23.1 Å². The minimum absolute atomic E-state index is 0.107. The van der Waals surface area contributed by atoms with Crippen LogP contribution < -0.4 is 10.1 Å². The fourth-order valence-corrected chi connectivity index (χ4v) is 4.17. The zero-order valence-corrected chi connectivity index (χ0v) is 17.6. The molecular formula is C19H30N2O5S. The van der Waals surface area contributed by atoms with E-state index in [4.69, 9.17) is 9.47 Å². The highest BCUT2D eigenvalue weighted by molar-refractivity contribution is 7.89.